The molecule has 18 heavy (non-hydrogen) atoms. The molecule has 0 aliphatic carbocycles. The predicted molar refractivity (Wildman–Crippen MR) is 74.6 cm³/mol. The van der Waals surface area contributed by atoms with E-state index >= 15 is 0 Å². The van der Waals surface area contributed by atoms with Crippen molar-refractivity contribution in [2.75, 3.05) is 24.8 Å². The summed E-state index contributed by atoms with van der Waals surface area (Å²) in [6.45, 7) is 6.47. The van der Waals surface area contributed by atoms with E-state index < -0.39 is 0 Å². The van der Waals surface area contributed by atoms with Crippen molar-refractivity contribution in [2.45, 2.75) is 27.2 Å². The quantitative estimate of drug-likeness (QED) is 0.789. The van der Waals surface area contributed by atoms with Crippen LogP contribution in [0.3, 0.4) is 0 Å². The molecule has 0 fully saturated rings. The number of ether oxygens (including phenoxy) is 1. The van der Waals surface area contributed by atoms with Gasteiger partial charge in [-0.05, 0) is 43.0 Å². The van der Waals surface area contributed by atoms with Crippen molar-refractivity contribution >= 4 is 17.3 Å². The topological polar surface area (TPSA) is 64.3 Å². The lowest BCUT2D eigenvalue weighted by molar-refractivity contribution is -0.117. The molecule has 0 aromatic heterocycles. The van der Waals surface area contributed by atoms with E-state index in [1.807, 2.05) is 32.9 Å². The predicted octanol–water partition coefficient (Wildman–Crippen LogP) is 2.50. The molecular formula is C14H22N2O2. The summed E-state index contributed by atoms with van der Waals surface area (Å²) in [5.74, 6) is 0.222. The van der Waals surface area contributed by atoms with Gasteiger partial charge in [0.05, 0.1) is 0 Å². The molecule has 1 unspecified atom stereocenters. The molecule has 1 aromatic carbocycles. The minimum absolute atomic E-state index is 0.00974. The molecule has 1 amide bonds. The fourth-order valence-electron chi connectivity index (χ4n) is 2.04. The number of carbonyl (C=O) groups is 1. The standard InChI is InChI=1S/C14H22N2O2/c1-9(8-18-4)5-13(17)16-14-10(2)6-12(15)7-11(14)3/h6-7,9H,5,8,15H2,1-4H3,(H,16,17). The van der Waals surface area contributed by atoms with E-state index in [9.17, 15) is 4.79 Å². The van der Waals surface area contributed by atoms with Crippen molar-refractivity contribution in [3.8, 4) is 0 Å². The third-order valence-corrected chi connectivity index (χ3v) is 2.80. The summed E-state index contributed by atoms with van der Waals surface area (Å²) >= 11 is 0. The molecule has 4 heteroatoms. The second-order valence-electron chi connectivity index (χ2n) is 4.84. The Morgan fingerprint density at radius 3 is 2.44 bits per heavy atom. The first-order valence-corrected chi connectivity index (χ1v) is 6.09. The monoisotopic (exact) mass is 250 g/mol. The summed E-state index contributed by atoms with van der Waals surface area (Å²) in [7, 11) is 1.64. The number of aryl methyl sites for hydroxylation is 2. The van der Waals surface area contributed by atoms with Crippen LogP contribution in [0.2, 0.25) is 0 Å². The smallest absolute Gasteiger partial charge is 0.224 e. The van der Waals surface area contributed by atoms with Crippen LogP contribution in [0.25, 0.3) is 0 Å². The third-order valence-electron chi connectivity index (χ3n) is 2.80. The van der Waals surface area contributed by atoms with Crippen molar-refractivity contribution in [1.29, 1.82) is 0 Å². The Bertz CT molecular complexity index is 407. The van der Waals surface area contributed by atoms with E-state index in [-0.39, 0.29) is 11.8 Å². The molecule has 1 rings (SSSR count). The SMILES string of the molecule is COCC(C)CC(=O)Nc1c(C)cc(N)cc1C. The van der Waals surface area contributed by atoms with Crippen LogP contribution in [0.4, 0.5) is 11.4 Å². The number of nitrogens with two attached hydrogens (primary N) is 1. The van der Waals surface area contributed by atoms with Crippen LogP contribution in [0.5, 0.6) is 0 Å². The largest absolute Gasteiger partial charge is 0.399 e. The molecule has 4 nitrogen and oxygen atoms in total. The van der Waals surface area contributed by atoms with Gasteiger partial charge in [-0.3, -0.25) is 4.79 Å². The Kier molecular flexibility index (Phi) is 5.16. The van der Waals surface area contributed by atoms with Crippen LogP contribution >= 0.6 is 0 Å². The third kappa shape index (κ3) is 4.04. The fourth-order valence-corrected chi connectivity index (χ4v) is 2.04. The Morgan fingerprint density at radius 1 is 1.39 bits per heavy atom. The van der Waals surface area contributed by atoms with Gasteiger partial charge in [-0.25, -0.2) is 0 Å². The van der Waals surface area contributed by atoms with Crippen LogP contribution in [0.1, 0.15) is 24.5 Å². The summed E-state index contributed by atoms with van der Waals surface area (Å²) < 4.78 is 5.02. The maximum Gasteiger partial charge on any atom is 0.224 e. The van der Waals surface area contributed by atoms with Gasteiger partial charge < -0.3 is 15.8 Å². The van der Waals surface area contributed by atoms with Gasteiger partial charge in [0.1, 0.15) is 0 Å². The van der Waals surface area contributed by atoms with E-state index in [1.165, 1.54) is 0 Å². The summed E-state index contributed by atoms with van der Waals surface area (Å²) in [6.07, 6.45) is 0.455. The van der Waals surface area contributed by atoms with Gasteiger partial charge in [0.15, 0.2) is 0 Å². The van der Waals surface area contributed by atoms with Gasteiger partial charge in [-0.2, -0.15) is 0 Å². The van der Waals surface area contributed by atoms with Crippen LogP contribution in [-0.4, -0.2) is 19.6 Å². The van der Waals surface area contributed by atoms with Crippen LogP contribution in [0.15, 0.2) is 12.1 Å². The number of nitrogens with one attached hydrogen (secondary N) is 1. The van der Waals surface area contributed by atoms with Gasteiger partial charge in [0, 0.05) is 31.5 Å². The lowest BCUT2D eigenvalue weighted by Gasteiger charge is -2.14. The van der Waals surface area contributed by atoms with Crippen LogP contribution in [-0.2, 0) is 9.53 Å². The molecular weight excluding hydrogens is 228 g/mol. The Morgan fingerprint density at radius 2 is 1.94 bits per heavy atom. The number of hydrogen-bond donors (Lipinski definition) is 2. The zero-order valence-corrected chi connectivity index (χ0v) is 11.5. The highest BCUT2D eigenvalue weighted by atomic mass is 16.5. The minimum atomic E-state index is 0.00974. The molecule has 0 bridgehead atoms. The highest BCUT2D eigenvalue weighted by molar-refractivity contribution is 5.92. The Labute approximate surface area is 109 Å². The molecule has 0 saturated carbocycles. The lowest BCUT2D eigenvalue weighted by Crippen LogP contribution is -2.18. The average Bonchev–Trinajstić information content (AvgIpc) is 2.23. The molecule has 100 valence electrons. The summed E-state index contributed by atoms with van der Waals surface area (Å²) in [4.78, 5) is 11.9. The minimum Gasteiger partial charge on any atom is -0.399 e. The van der Waals surface area contributed by atoms with Crippen LogP contribution in [0, 0.1) is 19.8 Å². The first-order chi connectivity index (χ1) is 8.43. The van der Waals surface area contributed by atoms with Crippen molar-refractivity contribution in [2.24, 2.45) is 5.92 Å². The van der Waals surface area contributed by atoms with E-state index in [2.05, 4.69) is 5.32 Å². The zero-order valence-electron chi connectivity index (χ0n) is 11.5. The first-order valence-electron chi connectivity index (χ1n) is 6.09. The van der Waals surface area contributed by atoms with E-state index in [4.69, 9.17) is 10.5 Å². The van der Waals surface area contributed by atoms with Gasteiger partial charge in [-0.1, -0.05) is 6.92 Å². The second-order valence-corrected chi connectivity index (χ2v) is 4.84. The van der Waals surface area contributed by atoms with E-state index in [0.29, 0.717) is 13.0 Å². The van der Waals surface area contributed by atoms with Gasteiger partial charge in [0.2, 0.25) is 5.91 Å². The second kappa shape index (κ2) is 6.40. The molecule has 3 N–H and O–H groups in total. The fraction of sp³-hybridized carbons (Fsp3) is 0.500. The molecule has 0 heterocycles. The van der Waals surface area contributed by atoms with Crippen molar-refractivity contribution in [3.05, 3.63) is 23.3 Å². The summed E-state index contributed by atoms with van der Waals surface area (Å²) in [5, 5.41) is 2.94. The normalized spacial score (nSPS) is 12.2. The van der Waals surface area contributed by atoms with E-state index in [1.54, 1.807) is 7.11 Å². The average molecular weight is 250 g/mol. The molecule has 0 aliphatic heterocycles. The zero-order chi connectivity index (χ0) is 13.7. The lowest BCUT2D eigenvalue weighted by atomic mass is 10.1. The summed E-state index contributed by atoms with van der Waals surface area (Å²) in [6, 6.07) is 3.72. The highest BCUT2D eigenvalue weighted by Crippen LogP contribution is 2.23. The maximum absolute atomic E-state index is 11.9. The molecule has 1 aromatic rings. The first kappa shape index (κ1) is 14.5. The molecule has 0 spiro atoms. The number of nitrogen functional groups attached to an aromatic ring is 1. The number of hydrogen-bond acceptors (Lipinski definition) is 3. The molecule has 0 radical (unpaired) electrons. The van der Waals surface area contributed by atoms with Crippen molar-refractivity contribution in [3.63, 3.8) is 0 Å². The number of benzene rings is 1. The maximum atomic E-state index is 11.9. The summed E-state index contributed by atoms with van der Waals surface area (Å²) in [5.41, 5.74) is 9.30. The van der Waals surface area contributed by atoms with Crippen molar-refractivity contribution < 1.29 is 9.53 Å². The van der Waals surface area contributed by atoms with Crippen LogP contribution < -0.4 is 11.1 Å². The number of anilines is 2. The molecule has 0 aliphatic rings. The Balaban J connectivity index is 2.70. The number of rotatable bonds is 5. The van der Waals surface area contributed by atoms with Gasteiger partial charge in [-0.15, -0.1) is 0 Å². The number of carbonyl (C=O) groups excluding carboxylic acids is 1. The van der Waals surface area contributed by atoms with E-state index in [0.717, 1.165) is 22.5 Å². The van der Waals surface area contributed by atoms with Crippen molar-refractivity contribution in [1.82, 2.24) is 0 Å². The Hall–Kier alpha value is -1.55. The number of amides is 1. The van der Waals surface area contributed by atoms with Gasteiger partial charge in [0.25, 0.3) is 0 Å². The molecule has 0 saturated heterocycles. The molecule has 1 atom stereocenters. The highest BCUT2D eigenvalue weighted by Gasteiger charge is 2.12. The number of methoxy groups -OCH3 is 1. The van der Waals surface area contributed by atoms with Gasteiger partial charge >= 0.3 is 0 Å².